The molecular weight excluding hydrogens is 883 g/mol. The first-order valence-corrected chi connectivity index (χ1v) is 25.6. The number of carbonyl (C=O) groups excluding carboxylic acids is 1. The molecular formula is C55H89NO13. The van der Waals surface area contributed by atoms with E-state index in [-0.39, 0.29) is 18.9 Å². The molecule has 0 aliphatic carbocycles. The maximum absolute atomic E-state index is 13.1. The molecule has 0 radical (unpaired) electrons. The van der Waals surface area contributed by atoms with Crippen LogP contribution in [-0.2, 0) is 23.7 Å². The lowest BCUT2D eigenvalue weighted by Gasteiger charge is -2.46. The van der Waals surface area contributed by atoms with Crippen molar-refractivity contribution < 1.29 is 64.6 Å². The van der Waals surface area contributed by atoms with Crippen LogP contribution in [0, 0.1) is 0 Å². The molecule has 0 aromatic carbocycles. The minimum atomic E-state index is -1.80. The summed E-state index contributed by atoms with van der Waals surface area (Å²) in [5.74, 6) is -0.292. The van der Waals surface area contributed by atoms with E-state index < -0.39 is 86.8 Å². The van der Waals surface area contributed by atoms with Crippen LogP contribution < -0.4 is 5.32 Å². The Balaban J connectivity index is 1.77. The lowest BCUT2D eigenvalue weighted by atomic mass is 9.97. The van der Waals surface area contributed by atoms with Crippen LogP contribution in [0.5, 0.6) is 0 Å². The standard InChI is InChI=1S/C55H89NO13/c1-3-5-7-9-11-13-14-15-16-17-18-19-20-21-22-23-24-25-26-27-28-29-30-31-33-35-37-39-47(60)56-43(44(59)38-36-34-32-12-10-8-6-4-2)42-66-54-52(65)50(63)53(46(41-58)68-54)69-55-51(64)49(62)48(61)45(40-57)67-55/h5,7,11,13,15-16,18-19,21-22,24-25,27-28,30-31,36,38,43-46,48-55,57-59,61-65H,3-4,6,8-10,12,14,17,20,23,26,29,32-35,37,39-42H2,1-2H3,(H,56,60)/b7-5-,13-11-,16-15-,19-18-,22-21-,25-24-,28-27-,31-30-,38-36+. The fourth-order valence-corrected chi connectivity index (χ4v) is 7.54. The molecule has 2 aliphatic rings. The number of hydrogen-bond donors (Lipinski definition) is 9. The van der Waals surface area contributed by atoms with Crippen molar-refractivity contribution in [3.05, 3.63) is 109 Å². The van der Waals surface area contributed by atoms with Crippen molar-refractivity contribution in [2.24, 2.45) is 0 Å². The molecule has 9 N–H and O–H groups in total. The third-order valence-corrected chi connectivity index (χ3v) is 11.7. The van der Waals surface area contributed by atoms with Gasteiger partial charge in [-0.25, -0.2) is 0 Å². The molecule has 2 fully saturated rings. The predicted molar refractivity (Wildman–Crippen MR) is 272 cm³/mol. The molecule has 392 valence electrons. The third-order valence-electron chi connectivity index (χ3n) is 11.7. The number of ether oxygens (including phenoxy) is 4. The van der Waals surface area contributed by atoms with E-state index in [2.05, 4.69) is 116 Å². The van der Waals surface area contributed by atoms with E-state index in [9.17, 15) is 45.6 Å². The van der Waals surface area contributed by atoms with Crippen molar-refractivity contribution >= 4 is 5.91 Å². The van der Waals surface area contributed by atoms with Crippen molar-refractivity contribution in [1.82, 2.24) is 5.32 Å². The van der Waals surface area contributed by atoms with Gasteiger partial charge in [0, 0.05) is 6.42 Å². The fourth-order valence-electron chi connectivity index (χ4n) is 7.54. The Hall–Kier alpha value is -3.35. The topological polar surface area (TPSA) is 228 Å². The second kappa shape index (κ2) is 40.3. The Labute approximate surface area is 413 Å². The van der Waals surface area contributed by atoms with E-state index in [1.807, 2.05) is 6.08 Å². The maximum atomic E-state index is 13.1. The average Bonchev–Trinajstić information content (AvgIpc) is 3.35. The summed E-state index contributed by atoms with van der Waals surface area (Å²) in [5, 5.41) is 86.4. The Bertz CT molecular complexity index is 1570. The zero-order valence-electron chi connectivity index (χ0n) is 41.5. The summed E-state index contributed by atoms with van der Waals surface area (Å²) in [4.78, 5) is 13.1. The van der Waals surface area contributed by atoms with Gasteiger partial charge in [0.2, 0.25) is 5.91 Å². The molecule has 0 aromatic rings. The normalized spacial score (nSPS) is 27.1. The van der Waals surface area contributed by atoms with E-state index in [1.165, 1.54) is 19.3 Å². The average molecular weight is 972 g/mol. The molecule has 12 unspecified atom stereocenters. The molecule has 0 aromatic heterocycles. The summed E-state index contributed by atoms with van der Waals surface area (Å²) < 4.78 is 22.6. The minimum Gasteiger partial charge on any atom is -0.394 e. The smallest absolute Gasteiger partial charge is 0.220 e. The quantitative estimate of drug-likeness (QED) is 0.0228. The zero-order chi connectivity index (χ0) is 50.3. The van der Waals surface area contributed by atoms with Crippen LogP contribution in [0.15, 0.2) is 109 Å². The van der Waals surface area contributed by atoms with Gasteiger partial charge in [-0.15, -0.1) is 0 Å². The van der Waals surface area contributed by atoms with Crippen LogP contribution in [0.1, 0.15) is 136 Å². The van der Waals surface area contributed by atoms with E-state index in [4.69, 9.17) is 18.9 Å². The number of rotatable bonds is 37. The Morgan fingerprint density at radius 1 is 0.536 bits per heavy atom. The Morgan fingerprint density at radius 3 is 1.54 bits per heavy atom. The molecule has 2 aliphatic heterocycles. The number of unbranched alkanes of at least 4 members (excludes halogenated alkanes) is 8. The van der Waals surface area contributed by atoms with Crippen molar-refractivity contribution in [1.29, 1.82) is 0 Å². The molecule has 0 spiro atoms. The summed E-state index contributed by atoms with van der Waals surface area (Å²) >= 11 is 0. The van der Waals surface area contributed by atoms with Gasteiger partial charge in [-0.3, -0.25) is 4.79 Å². The molecule has 1 amide bonds. The molecule has 2 heterocycles. The van der Waals surface area contributed by atoms with E-state index in [0.29, 0.717) is 6.42 Å². The number of nitrogens with one attached hydrogen (secondary N) is 1. The highest BCUT2D eigenvalue weighted by Crippen LogP contribution is 2.30. The first kappa shape index (κ1) is 61.8. The van der Waals surface area contributed by atoms with Crippen LogP contribution in [0.25, 0.3) is 0 Å². The summed E-state index contributed by atoms with van der Waals surface area (Å²) in [5.41, 5.74) is 0. The first-order valence-electron chi connectivity index (χ1n) is 25.6. The van der Waals surface area contributed by atoms with Crippen molar-refractivity contribution in [2.45, 2.75) is 209 Å². The molecule has 0 bridgehead atoms. The molecule has 14 nitrogen and oxygen atoms in total. The van der Waals surface area contributed by atoms with Crippen LogP contribution >= 0.6 is 0 Å². The lowest BCUT2D eigenvalue weighted by molar-refractivity contribution is -0.359. The van der Waals surface area contributed by atoms with Gasteiger partial charge in [0.1, 0.15) is 48.8 Å². The monoisotopic (exact) mass is 972 g/mol. The highest BCUT2D eigenvalue weighted by Gasteiger charge is 2.51. The fraction of sp³-hybridized carbons (Fsp3) is 0.655. The number of amides is 1. The summed E-state index contributed by atoms with van der Waals surface area (Å²) in [6.45, 7) is 2.55. The summed E-state index contributed by atoms with van der Waals surface area (Å²) in [6.07, 6.45) is 38.7. The van der Waals surface area contributed by atoms with Crippen LogP contribution in [-0.4, -0.2) is 140 Å². The molecule has 14 heteroatoms. The van der Waals surface area contributed by atoms with Crippen molar-refractivity contribution in [2.75, 3.05) is 19.8 Å². The Morgan fingerprint density at radius 2 is 1.00 bits per heavy atom. The third kappa shape index (κ3) is 27.2. The zero-order valence-corrected chi connectivity index (χ0v) is 41.5. The van der Waals surface area contributed by atoms with Gasteiger partial charge in [-0.05, 0) is 83.5 Å². The van der Waals surface area contributed by atoms with E-state index in [0.717, 1.165) is 89.9 Å². The van der Waals surface area contributed by atoms with Gasteiger partial charge in [0.15, 0.2) is 12.6 Å². The number of aliphatic hydroxyl groups excluding tert-OH is 8. The van der Waals surface area contributed by atoms with Crippen LogP contribution in [0.3, 0.4) is 0 Å². The van der Waals surface area contributed by atoms with Gasteiger partial charge >= 0.3 is 0 Å². The predicted octanol–water partition coefficient (Wildman–Crippen LogP) is 6.93. The van der Waals surface area contributed by atoms with Gasteiger partial charge < -0.3 is 65.1 Å². The second-order valence-corrected chi connectivity index (χ2v) is 17.6. The molecule has 12 atom stereocenters. The SMILES string of the molecule is CC/C=C\C/C=C\C/C=C\C/C=C\C/C=C\C/C=C\C/C=C\C/C=C\CCCCC(=O)NC(COC1OC(CO)C(OC2OC(CO)C(O)C(O)C2O)C(O)C1O)C(O)/C=C/CCCCCCCC. The number of aliphatic hydroxyl groups is 8. The molecule has 69 heavy (non-hydrogen) atoms. The molecule has 0 saturated carbocycles. The van der Waals surface area contributed by atoms with Crippen molar-refractivity contribution in [3.63, 3.8) is 0 Å². The number of allylic oxidation sites excluding steroid dienone is 17. The van der Waals surface area contributed by atoms with Crippen LogP contribution in [0.2, 0.25) is 0 Å². The van der Waals surface area contributed by atoms with Gasteiger partial charge in [-0.2, -0.15) is 0 Å². The largest absolute Gasteiger partial charge is 0.394 e. The van der Waals surface area contributed by atoms with Gasteiger partial charge in [0.05, 0.1) is 32.0 Å². The van der Waals surface area contributed by atoms with Gasteiger partial charge in [-0.1, -0.05) is 155 Å². The lowest BCUT2D eigenvalue weighted by Crippen LogP contribution is -2.65. The number of hydrogen-bond acceptors (Lipinski definition) is 13. The molecule has 2 rings (SSSR count). The van der Waals surface area contributed by atoms with Gasteiger partial charge in [0.25, 0.3) is 0 Å². The first-order chi connectivity index (χ1) is 33.6. The highest BCUT2D eigenvalue weighted by molar-refractivity contribution is 5.76. The summed E-state index contributed by atoms with van der Waals surface area (Å²) in [6, 6.07) is -0.943. The highest BCUT2D eigenvalue weighted by atomic mass is 16.7. The van der Waals surface area contributed by atoms with E-state index in [1.54, 1.807) is 6.08 Å². The molecule has 2 saturated heterocycles. The Kier molecular flexibility index (Phi) is 36.0. The van der Waals surface area contributed by atoms with E-state index >= 15 is 0 Å². The van der Waals surface area contributed by atoms with Crippen molar-refractivity contribution in [3.8, 4) is 0 Å². The second-order valence-electron chi connectivity index (χ2n) is 17.6. The summed E-state index contributed by atoms with van der Waals surface area (Å²) in [7, 11) is 0. The minimum absolute atomic E-state index is 0.217. The maximum Gasteiger partial charge on any atom is 0.220 e. The number of carbonyl (C=O) groups is 1. The van der Waals surface area contributed by atoms with Crippen LogP contribution in [0.4, 0.5) is 0 Å².